The molecule has 1 heterocycles. The van der Waals surface area contributed by atoms with E-state index < -0.39 is 0 Å². The van der Waals surface area contributed by atoms with Crippen LogP contribution in [0.1, 0.15) is 5.56 Å². The number of hydrogen-bond acceptors (Lipinski definition) is 4. The molecule has 0 aliphatic carbocycles. The van der Waals surface area contributed by atoms with Crippen molar-refractivity contribution in [3.05, 3.63) is 22.4 Å². The molecule has 1 aromatic rings. The summed E-state index contributed by atoms with van der Waals surface area (Å²) in [6, 6.07) is 1.92. The monoisotopic (exact) mass is 274 g/mol. The minimum atomic E-state index is 0.158. The highest BCUT2D eigenvalue weighted by Crippen LogP contribution is 2.21. The summed E-state index contributed by atoms with van der Waals surface area (Å²) in [5, 5.41) is 8.80. The summed E-state index contributed by atoms with van der Waals surface area (Å²) < 4.78 is 5.99. The average Bonchev–Trinajstić information content (AvgIpc) is 2.18. The molecule has 0 saturated carbocycles. The van der Waals surface area contributed by atoms with Gasteiger partial charge in [0.15, 0.2) is 0 Å². The van der Waals surface area contributed by atoms with Crippen LogP contribution in [0.3, 0.4) is 0 Å². The number of aliphatic hydroxyl groups is 1. The Kier molecular flexibility index (Phi) is 5.01. The van der Waals surface area contributed by atoms with Crippen molar-refractivity contribution in [2.75, 3.05) is 27.3 Å². The molecule has 4 nitrogen and oxygen atoms in total. The number of halogens is 1. The van der Waals surface area contributed by atoms with Crippen molar-refractivity contribution >= 4 is 15.9 Å². The third-order valence-electron chi connectivity index (χ3n) is 2.06. The molecule has 0 aliphatic rings. The Morgan fingerprint density at radius 1 is 1.60 bits per heavy atom. The molecule has 0 aromatic carbocycles. The lowest BCUT2D eigenvalue weighted by molar-refractivity contribution is 0.215. The smallest absolute Gasteiger partial charge is 0.141 e. The number of nitrogens with zero attached hydrogens (tertiary/aromatic N) is 2. The van der Waals surface area contributed by atoms with Crippen LogP contribution in [0, 0.1) is 0 Å². The van der Waals surface area contributed by atoms with E-state index in [0.29, 0.717) is 6.54 Å². The number of pyridine rings is 1. The Labute approximate surface area is 98.0 Å². The SMILES string of the molecule is COc1cnc(Br)cc1CN(C)CCO. The summed E-state index contributed by atoms with van der Waals surface area (Å²) in [6.45, 7) is 1.53. The van der Waals surface area contributed by atoms with Crippen LogP contribution in [0.15, 0.2) is 16.9 Å². The number of aliphatic hydroxyl groups excluding tert-OH is 1. The maximum atomic E-state index is 8.80. The van der Waals surface area contributed by atoms with Gasteiger partial charge in [-0.3, -0.25) is 4.90 Å². The number of rotatable bonds is 5. The van der Waals surface area contributed by atoms with E-state index in [1.54, 1.807) is 13.3 Å². The van der Waals surface area contributed by atoms with Crippen molar-refractivity contribution in [2.24, 2.45) is 0 Å². The first-order chi connectivity index (χ1) is 7.17. The lowest BCUT2D eigenvalue weighted by Gasteiger charge is -2.16. The minimum absolute atomic E-state index is 0.158. The van der Waals surface area contributed by atoms with Gasteiger partial charge in [-0.25, -0.2) is 4.98 Å². The quantitative estimate of drug-likeness (QED) is 0.822. The molecule has 1 N–H and O–H groups in total. The zero-order valence-corrected chi connectivity index (χ0v) is 10.5. The predicted molar refractivity (Wildman–Crippen MR) is 61.9 cm³/mol. The van der Waals surface area contributed by atoms with E-state index in [2.05, 4.69) is 20.9 Å². The van der Waals surface area contributed by atoms with Crippen LogP contribution < -0.4 is 4.74 Å². The van der Waals surface area contributed by atoms with Gasteiger partial charge in [0, 0.05) is 18.7 Å². The standard InChI is InChI=1S/C10H15BrN2O2/c1-13(3-4-14)7-8-5-10(11)12-6-9(8)15-2/h5-6,14H,3-4,7H2,1-2H3. The lowest BCUT2D eigenvalue weighted by atomic mass is 10.2. The zero-order chi connectivity index (χ0) is 11.3. The van der Waals surface area contributed by atoms with E-state index in [1.807, 2.05) is 18.0 Å². The van der Waals surface area contributed by atoms with Crippen LogP contribution in [0.5, 0.6) is 5.75 Å². The molecule has 15 heavy (non-hydrogen) atoms. The second kappa shape index (κ2) is 6.05. The van der Waals surface area contributed by atoms with Gasteiger partial charge in [0.25, 0.3) is 0 Å². The van der Waals surface area contributed by atoms with E-state index in [4.69, 9.17) is 9.84 Å². The third kappa shape index (κ3) is 3.77. The highest BCUT2D eigenvalue weighted by Gasteiger charge is 2.07. The molecule has 0 spiro atoms. The van der Waals surface area contributed by atoms with Crippen molar-refractivity contribution < 1.29 is 9.84 Å². The number of ether oxygens (including phenoxy) is 1. The highest BCUT2D eigenvalue weighted by atomic mass is 79.9. The number of methoxy groups -OCH3 is 1. The van der Waals surface area contributed by atoms with Crippen molar-refractivity contribution in [1.29, 1.82) is 0 Å². The molecule has 1 aromatic heterocycles. The van der Waals surface area contributed by atoms with Gasteiger partial charge >= 0.3 is 0 Å². The molecule has 0 bridgehead atoms. The van der Waals surface area contributed by atoms with Gasteiger partial charge in [-0.05, 0) is 29.0 Å². The van der Waals surface area contributed by atoms with E-state index >= 15 is 0 Å². The average molecular weight is 275 g/mol. The van der Waals surface area contributed by atoms with Crippen molar-refractivity contribution in [3.8, 4) is 5.75 Å². The first-order valence-corrected chi connectivity index (χ1v) is 5.44. The van der Waals surface area contributed by atoms with Crippen LogP contribution in [0.2, 0.25) is 0 Å². The minimum Gasteiger partial charge on any atom is -0.495 e. The van der Waals surface area contributed by atoms with Crippen LogP contribution >= 0.6 is 15.9 Å². The Morgan fingerprint density at radius 3 is 2.93 bits per heavy atom. The van der Waals surface area contributed by atoms with E-state index in [0.717, 1.165) is 22.5 Å². The van der Waals surface area contributed by atoms with Gasteiger partial charge in [-0.2, -0.15) is 0 Å². The Hall–Kier alpha value is -0.650. The fourth-order valence-electron chi connectivity index (χ4n) is 1.30. The van der Waals surface area contributed by atoms with E-state index in [9.17, 15) is 0 Å². The highest BCUT2D eigenvalue weighted by molar-refractivity contribution is 9.10. The van der Waals surface area contributed by atoms with Crippen molar-refractivity contribution in [3.63, 3.8) is 0 Å². The van der Waals surface area contributed by atoms with E-state index in [1.165, 1.54) is 0 Å². The van der Waals surface area contributed by atoms with Crippen molar-refractivity contribution in [1.82, 2.24) is 9.88 Å². The number of aromatic nitrogens is 1. The molecule has 5 heteroatoms. The molecule has 0 aliphatic heterocycles. The molecule has 0 amide bonds. The maximum absolute atomic E-state index is 8.80. The van der Waals surface area contributed by atoms with Gasteiger partial charge in [0.05, 0.1) is 19.9 Å². The number of likely N-dealkylation sites (N-methyl/N-ethyl adjacent to an activating group) is 1. The summed E-state index contributed by atoms with van der Waals surface area (Å²) in [5.41, 5.74) is 1.05. The molecule has 0 saturated heterocycles. The molecule has 0 atom stereocenters. The normalized spacial score (nSPS) is 10.7. The third-order valence-corrected chi connectivity index (χ3v) is 2.49. The van der Waals surface area contributed by atoms with Gasteiger partial charge in [0.2, 0.25) is 0 Å². The Balaban J connectivity index is 2.77. The molecular weight excluding hydrogens is 260 g/mol. The fraction of sp³-hybridized carbons (Fsp3) is 0.500. The molecule has 84 valence electrons. The molecule has 0 unspecified atom stereocenters. The molecule has 0 fully saturated rings. The molecule has 1 rings (SSSR count). The summed E-state index contributed by atoms with van der Waals surface area (Å²) in [6.07, 6.45) is 1.69. The Bertz CT molecular complexity index is 320. The van der Waals surface area contributed by atoms with Crippen molar-refractivity contribution in [2.45, 2.75) is 6.54 Å². The van der Waals surface area contributed by atoms with Crippen LogP contribution in [-0.2, 0) is 6.54 Å². The predicted octanol–water partition coefficient (Wildman–Crippen LogP) is 1.28. The zero-order valence-electron chi connectivity index (χ0n) is 8.90. The van der Waals surface area contributed by atoms with Gasteiger partial charge in [-0.1, -0.05) is 0 Å². The van der Waals surface area contributed by atoms with Gasteiger partial charge in [-0.15, -0.1) is 0 Å². The topological polar surface area (TPSA) is 45.6 Å². The Morgan fingerprint density at radius 2 is 2.33 bits per heavy atom. The molecular formula is C10H15BrN2O2. The summed E-state index contributed by atoms with van der Waals surface area (Å²) >= 11 is 3.32. The van der Waals surface area contributed by atoms with Crippen LogP contribution in [0.25, 0.3) is 0 Å². The summed E-state index contributed by atoms with van der Waals surface area (Å²) in [4.78, 5) is 6.11. The lowest BCUT2D eigenvalue weighted by Crippen LogP contribution is -2.21. The first-order valence-electron chi connectivity index (χ1n) is 4.65. The van der Waals surface area contributed by atoms with Gasteiger partial charge in [0.1, 0.15) is 10.4 Å². The first kappa shape index (κ1) is 12.4. The maximum Gasteiger partial charge on any atom is 0.141 e. The molecule has 0 radical (unpaired) electrons. The second-order valence-corrected chi connectivity index (χ2v) is 4.09. The van der Waals surface area contributed by atoms with Gasteiger partial charge < -0.3 is 9.84 Å². The number of hydrogen-bond donors (Lipinski definition) is 1. The fourth-order valence-corrected chi connectivity index (χ4v) is 1.68. The largest absolute Gasteiger partial charge is 0.495 e. The second-order valence-electron chi connectivity index (χ2n) is 3.28. The summed E-state index contributed by atoms with van der Waals surface area (Å²) in [5.74, 6) is 0.767. The van der Waals surface area contributed by atoms with E-state index in [-0.39, 0.29) is 6.61 Å². The summed E-state index contributed by atoms with van der Waals surface area (Å²) in [7, 11) is 3.57. The van der Waals surface area contributed by atoms with Crippen LogP contribution in [0.4, 0.5) is 0 Å². The van der Waals surface area contributed by atoms with Crippen LogP contribution in [-0.4, -0.2) is 42.3 Å².